The molecule has 1 heterocycles. The highest BCUT2D eigenvalue weighted by atomic mass is 127. The standard InChI is InChI=1S/C19H13IN2O4/c20-15-3-1-2-14(10-15)18(23)22-21-11-16-8-9-17(26-16)12-4-6-13(7-5-12)19(24)25/h1-11H,(H,22,23)(H,24,25). The van der Waals surface area contributed by atoms with E-state index < -0.39 is 5.97 Å². The molecule has 0 aliphatic rings. The number of nitrogens with zero attached hydrogens (tertiary/aromatic N) is 1. The third kappa shape index (κ3) is 4.37. The maximum absolute atomic E-state index is 12.0. The minimum Gasteiger partial charge on any atom is -0.478 e. The number of carboxylic acid groups (broad SMARTS) is 1. The number of hydrogen-bond donors (Lipinski definition) is 2. The molecule has 0 aliphatic heterocycles. The number of amides is 1. The van der Waals surface area contributed by atoms with Crippen molar-refractivity contribution >= 4 is 40.7 Å². The van der Waals surface area contributed by atoms with E-state index in [0.717, 1.165) is 9.13 Å². The third-order valence-electron chi connectivity index (χ3n) is 3.49. The molecule has 3 rings (SSSR count). The predicted octanol–water partition coefficient (Wildman–Crippen LogP) is 4.01. The van der Waals surface area contributed by atoms with E-state index in [1.54, 1.807) is 42.5 Å². The van der Waals surface area contributed by atoms with E-state index in [-0.39, 0.29) is 11.5 Å². The molecule has 6 nitrogen and oxygen atoms in total. The number of furan rings is 1. The van der Waals surface area contributed by atoms with Crippen LogP contribution in [0.4, 0.5) is 0 Å². The molecule has 0 unspecified atom stereocenters. The van der Waals surface area contributed by atoms with Crippen molar-refractivity contribution in [3.8, 4) is 11.3 Å². The number of benzene rings is 2. The van der Waals surface area contributed by atoms with E-state index in [1.807, 2.05) is 6.07 Å². The fourth-order valence-electron chi connectivity index (χ4n) is 2.20. The Morgan fingerprint density at radius 2 is 1.81 bits per heavy atom. The van der Waals surface area contributed by atoms with E-state index in [1.165, 1.54) is 18.3 Å². The van der Waals surface area contributed by atoms with Crippen molar-refractivity contribution in [3.05, 3.63) is 81.1 Å². The molecule has 0 aliphatic carbocycles. The Morgan fingerprint density at radius 1 is 1.04 bits per heavy atom. The van der Waals surface area contributed by atoms with Crippen LogP contribution < -0.4 is 5.43 Å². The number of halogens is 1. The third-order valence-corrected chi connectivity index (χ3v) is 4.16. The summed E-state index contributed by atoms with van der Waals surface area (Å²) in [5.74, 6) is -0.249. The smallest absolute Gasteiger partial charge is 0.335 e. The molecule has 3 aromatic rings. The largest absolute Gasteiger partial charge is 0.478 e. The zero-order chi connectivity index (χ0) is 18.5. The Bertz CT molecular complexity index is 977. The Hall–Kier alpha value is -2.94. The summed E-state index contributed by atoms with van der Waals surface area (Å²) in [5, 5.41) is 12.8. The van der Waals surface area contributed by atoms with Crippen LogP contribution in [-0.2, 0) is 0 Å². The SMILES string of the molecule is O=C(O)c1ccc(-c2ccc(C=NNC(=O)c3cccc(I)c3)o2)cc1. The molecule has 0 saturated carbocycles. The summed E-state index contributed by atoms with van der Waals surface area (Å²) in [6.07, 6.45) is 1.40. The lowest BCUT2D eigenvalue weighted by atomic mass is 10.1. The van der Waals surface area contributed by atoms with Gasteiger partial charge in [0.05, 0.1) is 11.8 Å². The number of hydrazone groups is 1. The van der Waals surface area contributed by atoms with Gasteiger partial charge in [0.25, 0.3) is 5.91 Å². The fraction of sp³-hybridized carbons (Fsp3) is 0. The number of carboxylic acids is 1. The van der Waals surface area contributed by atoms with Gasteiger partial charge in [-0.05, 0) is 65.1 Å². The van der Waals surface area contributed by atoms with E-state index in [9.17, 15) is 9.59 Å². The van der Waals surface area contributed by atoms with Crippen molar-refractivity contribution in [2.75, 3.05) is 0 Å². The van der Waals surface area contributed by atoms with Crippen LogP contribution in [0, 0.1) is 3.57 Å². The van der Waals surface area contributed by atoms with Gasteiger partial charge < -0.3 is 9.52 Å². The van der Waals surface area contributed by atoms with Crippen LogP contribution in [0.3, 0.4) is 0 Å². The lowest BCUT2D eigenvalue weighted by Gasteiger charge is -2.00. The summed E-state index contributed by atoms with van der Waals surface area (Å²) in [5.41, 5.74) is 3.92. The Balaban J connectivity index is 1.65. The summed E-state index contributed by atoms with van der Waals surface area (Å²) in [6, 6.07) is 17.0. The Kier molecular flexibility index (Phi) is 5.47. The predicted molar refractivity (Wildman–Crippen MR) is 105 cm³/mol. The highest BCUT2D eigenvalue weighted by Crippen LogP contribution is 2.22. The second kappa shape index (κ2) is 7.96. The van der Waals surface area contributed by atoms with Crippen molar-refractivity contribution in [2.45, 2.75) is 0 Å². The summed E-state index contributed by atoms with van der Waals surface area (Å²) >= 11 is 2.13. The molecule has 2 N–H and O–H groups in total. The van der Waals surface area contributed by atoms with Gasteiger partial charge in [0.2, 0.25) is 0 Å². The van der Waals surface area contributed by atoms with Crippen molar-refractivity contribution in [3.63, 3.8) is 0 Å². The van der Waals surface area contributed by atoms with E-state index in [4.69, 9.17) is 9.52 Å². The summed E-state index contributed by atoms with van der Waals surface area (Å²) in [7, 11) is 0. The normalized spacial score (nSPS) is 10.8. The van der Waals surface area contributed by atoms with E-state index in [2.05, 4.69) is 33.1 Å². The highest BCUT2D eigenvalue weighted by molar-refractivity contribution is 14.1. The van der Waals surface area contributed by atoms with Gasteiger partial charge in [-0.3, -0.25) is 4.79 Å². The monoisotopic (exact) mass is 460 g/mol. The van der Waals surface area contributed by atoms with Crippen molar-refractivity contribution in [2.24, 2.45) is 5.10 Å². The number of rotatable bonds is 5. The van der Waals surface area contributed by atoms with Gasteiger partial charge in [0.1, 0.15) is 11.5 Å². The minimum absolute atomic E-state index is 0.209. The summed E-state index contributed by atoms with van der Waals surface area (Å²) < 4.78 is 6.59. The first-order valence-corrected chi connectivity index (χ1v) is 8.63. The molecule has 0 bridgehead atoms. The first-order valence-electron chi connectivity index (χ1n) is 7.55. The van der Waals surface area contributed by atoms with E-state index in [0.29, 0.717) is 17.1 Å². The van der Waals surface area contributed by atoms with Gasteiger partial charge in [-0.1, -0.05) is 18.2 Å². The molecule has 0 atom stereocenters. The fourth-order valence-corrected chi connectivity index (χ4v) is 2.75. The molecule has 26 heavy (non-hydrogen) atoms. The molecule has 1 amide bonds. The number of hydrogen-bond acceptors (Lipinski definition) is 4. The van der Waals surface area contributed by atoms with Crippen LogP contribution in [-0.4, -0.2) is 23.2 Å². The number of nitrogens with one attached hydrogen (secondary N) is 1. The van der Waals surface area contributed by atoms with Crippen LogP contribution >= 0.6 is 22.6 Å². The molecule has 0 spiro atoms. The lowest BCUT2D eigenvalue weighted by Crippen LogP contribution is -2.17. The first kappa shape index (κ1) is 17.9. The van der Waals surface area contributed by atoms with Crippen LogP contribution in [0.5, 0.6) is 0 Å². The van der Waals surface area contributed by atoms with Gasteiger partial charge in [-0.15, -0.1) is 0 Å². The number of aromatic carboxylic acids is 1. The van der Waals surface area contributed by atoms with Crippen molar-refractivity contribution in [1.82, 2.24) is 5.43 Å². The van der Waals surface area contributed by atoms with E-state index >= 15 is 0 Å². The molecule has 0 radical (unpaired) electrons. The molecule has 1 aromatic heterocycles. The van der Waals surface area contributed by atoms with Crippen LogP contribution in [0.25, 0.3) is 11.3 Å². The highest BCUT2D eigenvalue weighted by Gasteiger charge is 2.07. The Labute approximate surface area is 162 Å². The molecule has 130 valence electrons. The minimum atomic E-state index is -0.979. The van der Waals surface area contributed by atoms with Gasteiger partial charge >= 0.3 is 5.97 Å². The zero-order valence-electron chi connectivity index (χ0n) is 13.3. The van der Waals surface area contributed by atoms with Gasteiger partial charge in [-0.2, -0.15) is 5.10 Å². The zero-order valence-corrected chi connectivity index (χ0v) is 15.5. The first-order chi connectivity index (χ1) is 12.5. The number of carbonyl (C=O) groups is 2. The number of carbonyl (C=O) groups excluding carboxylic acids is 1. The quantitative estimate of drug-likeness (QED) is 0.342. The van der Waals surface area contributed by atoms with Crippen LogP contribution in [0.2, 0.25) is 0 Å². The van der Waals surface area contributed by atoms with Crippen LogP contribution in [0.15, 0.2) is 70.2 Å². The molecule has 0 saturated heterocycles. The molecule has 2 aromatic carbocycles. The summed E-state index contributed by atoms with van der Waals surface area (Å²) in [4.78, 5) is 22.9. The average Bonchev–Trinajstić information content (AvgIpc) is 3.10. The lowest BCUT2D eigenvalue weighted by molar-refractivity contribution is 0.0696. The Morgan fingerprint density at radius 3 is 2.50 bits per heavy atom. The van der Waals surface area contributed by atoms with Gasteiger partial charge in [0.15, 0.2) is 0 Å². The van der Waals surface area contributed by atoms with Crippen molar-refractivity contribution in [1.29, 1.82) is 0 Å². The molecule has 7 heteroatoms. The second-order valence-electron chi connectivity index (χ2n) is 5.29. The molecular formula is C19H13IN2O4. The summed E-state index contributed by atoms with van der Waals surface area (Å²) in [6.45, 7) is 0. The van der Waals surface area contributed by atoms with Crippen LogP contribution in [0.1, 0.15) is 26.5 Å². The average molecular weight is 460 g/mol. The topological polar surface area (TPSA) is 91.9 Å². The van der Waals surface area contributed by atoms with Crippen molar-refractivity contribution < 1.29 is 19.1 Å². The van der Waals surface area contributed by atoms with Gasteiger partial charge in [0, 0.05) is 14.7 Å². The maximum atomic E-state index is 12.0. The molecule has 0 fully saturated rings. The molecular weight excluding hydrogens is 447 g/mol. The van der Waals surface area contributed by atoms with Gasteiger partial charge in [-0.25, -0.2) is 10.2 Å². The second-order valence-corrected chi connectivity index (χ2v) is 6.54. The maximum Gasteiger partial charge on any atom is 0.335 e.